The van der Waals surface area contributed by atoms with Crippen LogP contribution in [0.5, 0.6) is 0 Å². The normalized spacial score (nSPS) is 9.50. The first-order valence-electron chi connectivity index (χ1n) is 4.02. The molecule has 0 aliphatic rings. The topological polar surface area (TPSA) is 17.1 Å². The maximum atomic E-state index is 13.0. The van der Waals surface area contributed by atoms with Crippen molar-refractivity contribution in [2.45, 2.75) is 12.8 Å². The van der Waals surface area contributed by atoms with Crippen LogP contribution < -0.4 is 0 Å². The molecule has 0 aliphatic carbocycles. The van der Waals surface area contributed by atoms with Gasteiger partial charge in [0.2, 0.25) is 0 Å². The number of carbonyl (C=O) groups excluding carboxylic acids is 1. The van der Waals surface area contributed by atoms with Crippen molar-refractivity contribution in [3.8, 4) is 12.3 Å². The number of terminal acetylenes is 1. The summed E-state index contributed by atoms with van der Waals surface area (Å²) < 4.78 is 25.5. The third-order valence-electron chi connectivity index (χ3n) is 1.70. The second kappa shape index (κ2) is 4.52. The van der Waals surface area contributed by atoms with Crippen molar-refractivity contribution in [3.63, 3.8) is 0 Å². The van der Waals surface area contributed by atoms with Gasteiger partial charge in [0.1, 0.15) is 17.4 Å². The Labute approximate surface area is 80.7 Å². The Morgan fingerprint density at radius 3 is 2.71 bits per heavy atom. The lowest BCUT2D eigenvalue weighted by Gasteiger charge is -2.00. The van der Waals surface area contributed by atoms with Crippen LogP contribution >= 0.6 is 0 Å². The Hall–Kier alpha value is -1.69. The summed E-state index contributed by atoms with van der Waals surface area (Å²) in [6, 6.07) is 3.11. The summed E-state index contributed by atoms with van der Waals surface area (Å²) in [5, 5.41) is 0. The smallest absolute Gasteiger partial charge is 0.149 e. The minimum absolute atomic E-state index is 0.0309. The fraction of sp³-hybridized carbons (Fsp3) is 0.182. The molecule has 0 heterocycles. The molecule has 0 spiro atoms. The zero-order valence-corrected chi connectivity index (χ0v) is 7.39. The summed E-state index contributed by atoms with van der Waals surface area (Å²) in [7, 11) is 0. The second-order valence-electron chi connectivity index (χ2n) is 2.83. The summed E-state index contributed by atoms with van der Waals surface area (Å²) >= 11 is 0. The Kier molecular flexibility index (Phi) is 3.35. The predicted molar refractivity (Wildman–Crippen MR) is 48.5 cm³/mol. The van der Waals surface area contributed by atoms with Crippen molar-refractivity contribution in [3.05, 3.63) is 35.4 Å². The third kappa shape index (κ3) is 2.67. The number of carbonyl (C=O) groups is 1. The van der Waals surface area contributed by atoms with Crippen LogP contribution in [0.1, 0.15) is 12.0 Å². The van der Waals surface area contributed by atoms with Gasteiger partial charge in [-0.05, 0) is 11.6 Å². The molecule has 14 heavy (non-hydrogen) atoms. The molecule has 1 aromatic carbocycles. The molecule has 0 saturated carbocycles. The molecule has 0 unspecified atom stereocenters. The number of ketones is 1. The van der Waals surface area contributed by atoms with Crippen molar-refractivity contribution in [2.75, 3.05) is 0 Å². The van der Waals surface area contributed by atoms with E-state index in [0.29, 0.717) is 0 Å². The SMILES string of the molecule is C#CCC(=O)Cc1ccc(F)cc1F. The molecular weight excluding hydrogens is 186 g/mol. The Morgan fingerprint density at radius 1 is 1.43 bits per heavy atom. The molecule has 0 fully saturated rings. The molecule has 72 valence electrons. The van der Waals surface area contributed by atoms with E-state index >= 15 is 0 Å². The molecule has 1 aromatic rings. The van der Waals surface area contributed by atoms with Gasteiger partial charge in [-0.25, -0.2) is 8.78 Å². The van der Waals surface area contributed by atoms with E-state index in [1.807, 2.05) is 0 Å². The summed E-state index contributed by atoms with van der Waals surface area (Å²) in [4.78, 5) is 11.0. The fourth-order valence-electron chi connectivity index (χ4n) is 1.05. The number of Topliss-reactive ketones (excluding diaryl/α,β-unsaturated/α-hetero) is 1. The van der Waals surface area contributed by atoms with Gasteiger partial charge < -0.3 is 0 Å². The van der Waals surface area contributed by atoms with Crippen LogP contribution in [0, 0.1) is 24.0 Å². The zero-order chi connectivity index (χ0) is 10.6. The lowest BCUT2D eigenvalue weighted by atomic mass is 10.1. The summed E-state index contributed by atoms with van der Waals surface area (Å²) in [6.07, 6.45) is 4.80. The minimum atomic E-state index is -0.713. The van der Waals surface area contributed by atoms with E-state index < -0.39 is 11.6 Å². The number of hydrogen-bond acceptors (Lipinski definition) is 1. The van der Waals surface area contributed by atoms with E-state index in [4.69, 9.17) is 6.42 Å². The Balaban J connectivity index is 2.78. The summed E-state index contributed by atoms with van der Waals surface area (Å²) in [5.41, 5.74) is 0.173. The molecule has 3 heteroatoms. The molecule has 0 aliphatic heterocycles. The average Bonchev–Trinajstić information content (AvgIpc) is 2.10. The van der Waals surface area contributed by atoms with Crippen LogP contribution in [0.3, 0.4) is 0 Å². The largest absolute Gasteiger partial charge is 0.298 e. The molecule has 0 N–H and O–H groups in total. The molecule has 1 rings (SSSR count). The van der Waals surface area contributed by atoms with Gasteiger partial charge in [-0.1, -0.05) is 12.0 Å². The van der Waals surface area contributed by atoms with Crippen LogP contribution in [0.4, 0.5) is 8.78 Å². The highest BCUT2D eigenvalue weighted by atomic mass is 19.1. The van der Waals surface area contributed by atoms with Crippen LogP contribution in [0.2, 0.25) is 0 Å². The van der Waals surface area contributed by atoms with Crippen molar-refractivity contribution >= 4 is 5.78 Å². The van der Waals surface area contributed by atoms with Gasteiger partial charge in [0, 0.05) is 12.5 Å². The Morgan fingerprint density at radius 2 is 2.14 bits per heavy atom. The number of benzene rings is 1. The zero-order valence-electron chi connectivity index (χ0n) is 7.39. The van der Waals surface area contributed by atoms with E-state index in [1.165, 1.54) is 6.07 Å². The van der Waals surface area contributed by atoms with Crippen molar-refractivity contribution in [1.82, 2.24) is 0 Å². The molecule has 0 saturated heterocycles. The van der Waals surface area contributed by atoms with Crippen molar-refractivity contribution in [1.29, 1.82) is 0 Å². The number of hydrogen-bond donors (Lipinski definition) is 0. The van der Waals surface area contributed by atoms with Gasteiger partial charge in [0.15, 0.2) is 0 Å². The molecule has 0 amide bonds. The minimum Gasteiger partial charge on any atom is -0.298 e. The number of halogens is 2. The lowest BCUT2D eigenvalue weighted by molar-refractivity contribution is -0.117. The van der Waals surface area contributed by atoms with Gasteiger partial charge in [0.05, 0.1) is 6.42 Å². The van der Waals surface area contributed by atoms with Crippen LogP contribution in [-0.2, 0) is 11.2 Å². The number of rotatable bonds is 3. The first-order chi connectivity index (χ1) is 6.63. The standard InChI is InChI=1S/C11H8F2O/c1-2-3-10(14)6-8-4-5-9(12)7-11(8)13/h1,4-5,7H,3,6H2. The van der Waals surface area contributed by atoms with Gasteiger partial charge >= 0.3 is 0 Å². The highest BCUT2D eigenvalue weighted by Crippen LogP contribution is 2.10. The molecule has 1 nitrogen and oxygen atoms in total. The van der Waals surface area contributed by atoms with Crippen LogP contribution in [-0.4, -0.2) is 5.78 Å². The predicted octanol–water partition coefficient (Wildman–Crippen LogP) is 2.10. The second-order valence-corrected chi connectivity index (χ2v) is 2.83. The third-order valence-corrected chi connectivity index (χ3v) is 1.70. The van der Waals surface area contributed by atoms with E-state index in [-0.39, 0.29) is 24.2 Å². The monoisotopic (exact) mass is 194 g/mol. The summed E-state index contributed by atoms with van der Waals surface area (Å²) in [6.45, 7) is 0. The highest BCUT2D eigenvalue weighted by Gasteiger charge is 2.07. The first kappa shape index (κ1) is 10.4. The molecule has 0 bridgehead atoms. The van der Waals surface area contributed by atoms with Crippen LogP contribution in [0.25, 0.3) is 0 Å². The maximum absolute atomic E-state index is 13.0. The van der Waals surface area contributed by atoms with E-state index in [9.17, 15) is 13.6 Å². The average molecular weight is 194 g/mol. The fourth-order valence-corrected chi connectivity index (χ4v) is 1.05. The van der Waals surface area contributed by atoms with Gasteiger partial charge in [-0.3, -0.25) is 4.79 Å². The molecule has 0 atom stereocenters. The highest BCUT2D eigenvalue weighted by molar-refractivity contribution is 5.82. The maximum Gasteiger partial charge on any atom is 0.149 e. The van der Waals surface area contributed by atoms with E-state index in [0.717, 1.165) is 12.1 Å². The summed E-state index contributed by atoms with van der Waals surface area (Å²) in [5.74, 6) is 0.551. The van der Waals surface area contributed by atoms with Gasteiger partial charge in [0.25, 0.3) is 0 Å². The quantitative estimate of drug-likeness (QED) is 0.673. The van der Waals surface area contributed by atoms with Crippen molar-refractivity contribution in [2.24, 2.45) is 0 Å². The lowest BCUT2D eigenvalue weighted by Crippen LogP contribution is -2.03. The van der Waals surface area contributed by atoms with Gasteiger partial charge in [-0.15, -0.1) is 6.42 Å². The van der Waals surface area contributed by atoms with E-state index in [2.05, 4.69) is 5.92 Å². The first-order valence-corrected chi connectivity index (χ1v) is 4.02. The van der Waals surface area contributed by atoms with Crippen LogP contribution in [0.15, 0.2) is 18.2 Å². The molecule has 0 aromatic heterocycles. The molecule has 0 radical (unpaired) electrons. The van der Waals surface area contributed by atoms with Gasteiger partial charge in [-0.2, -0.15) is 0 Å². The Bertz CT molecular complexity index is 391. The molecular formula is C11H8F2O. The van der Waals surface area contributed by atoms with E-state index in [1.54, 1.807) is 0 Å². The van der Waals surface area contributed by atoms with Crippen molar-refractivity contribution < 1.29 is 13.6 Å².